The van der Waals surface area contributed by atoms with Crippen molar-refractivity contribution in [2.45, 2.75) is 20.3 Å². The highest BCUT2D eigenvalue weighted by molar-refractivity contribution is 7.90. The van der Waals surface area contributed by atoms with Crippen molar-refractivity contribution in [1.82, 2.24) is 9.62 Å². The standard InChI is InChI=1S/C14H23N3O2S/c1-3-17(14-7-4-6-13(2)12-14)20(18,19)16-10-5-8-15-9-11-16/h4,6-7,12,15H,3,5,8-11H2,1-2H3. The van der Waals surface area contributed by atoms with E-state index in [9.17, 15) is 8.42 Å². The summed E-state index contributed by atoms with van der Waals surface area (Å²) in [6, 6.07) is 7.63. The molecule has 1 aromatic rings. The zero-order valence-electron chi connectivity index (χ0n) is 12.2. The molecule has 1 fully saturated rings. The van der Waals surface area contributed by atoms with Crippen LogP contribution in [0.2, 0.25) is 0 Å². The van der Waals surface area contributed by atoms with Gasteiger partial charge in [0.2, 0.25) is 0 Å². The van der Waals surface area contributed by atoms with E-state index in [0.29, 0.717) is 26.2 Å². The highest BCUT2D eigenvalue weighted by atomic mass is 32.2. The molecule has 1 heterocycles. The summed E-state index contributed by atoms with van der Waals surface area (Å²) in [6.45, 7) is 6.99. The second-order valence-electron chi connectivity index (χ2n) is 5.01. The Kier molecular flexibility index (Phi) is 5.01. The molecule has 1 aliphatic heterocycles. The molecule has 6 heteroatoms. The first-order valence-electron chi connectivity index (χ1n) is 7.11. The van der Waals surface area contributed by atoms with E-state index in [4.69, 9.17) is 0 Å². The molecule has 0 saturated carbocycles. The second-order valence-corrected chi connectivity index (χ2v) is 6.87. The van der Waals surface area contributed by atoms with Gasteiger partial charge in [0, 0.05) is 26.2 Å². The first-order chi connectivity index (χ1) is 9.55. The minimum Gasteiger partial charge on any atom is -0.315 e. The van der Waals surface area contributed by atoms with Crippen molar-refractivity contribution in [3.63, 3.8) is 0 Å². The van der Waals surface area contributed by atoms with Crippen LogP contribution in [0.4, 0.5) is 5.69 Å². The van der Waals surface area contributed by atoms with Gasteiger partial charge in [0.25, 0.3) is 0 Å². The molecule has 112 valence electrons. The van der Waals surface area contributed by atoms with Gasteiger partial charge in [-0.2, -0.15) is 12.7 Å². The Morgan fingerprint density at radius 2 is 2.10 bits per heavy atom. The van der Waals surface area contributed by atoms with Gasteiger partial charge in [0.15, 0.2) is 0 Å². The van der Waals surface area contributed by atoms with Gasteiger partial charge in [-0.15, -0.1) is 0 Å². The molecule has 0 bridgehead atoms. The third kappa shape index (κ3) is 3.31. The van der Waals surface area contributed by atoms with E-state index in [2.05, 4.69) is 5.32 Å². The van der Waals surface area contributed by atoms with Gasteiger partial charge in [-0.05, 0) is 44.5 Å². The highest BCUT2D eigenvalue weighted by Crippen LogP contribution is 2.21. The summed E-state index contributed by atoms with van der Waals surface area (Å²) < 4.78 is 28.7. The first-order valence-corrected chi connectivity index (χ1v) is 8.50. The van der Waals surface area contributed by atoms with Crippen molar-refractivity contribution < 1.29 is 8.42 Å². The zero-order chi connectivity index (χ0) is 14.6. The van der Waals surface area contributed by atoms with Crippen molar-refractivity contribution in [2.75, 3.05) is 37.0 Å². The van der Waals surface area contributed by atoms with Crippen LogP contribution in [0, 0.1) is 6.92 Å². The Hall–Kier alpha value is -1.11. The molecule has 1 saturated heterocycles. The summed E-state index contributed by atoms with van der Waals surface area (Å²) in [5, 5.41) is 3.23. The van der Waals surface area contributed by atoms with Gasteiger partial charge in [0.1, 0.15) is 0 Å². The molecule has 0 unspecified atom stereocenters. The van der Waals surface area contributed by atoms with Crippen LogP contribution < -0.4 is 9.62 Å². The normalized spacial score (nSPS) is 17.7. The number of anilines is 1. The van der Waals surface area contributed by atoms with Crippen molar-refractivity contribution in [1.29, 1.82) is 0 Å². The number of aryl methyl sites for hydroxylation is 1. The van der Waals surface area contributed by atoms with E-state index in [0.717, 1.165) is 24.2 Å². The molecule has 1 aliphatic rings. The van der Waals surface area contributed by atoms with E-state index < -0.39 is 10.2 Å². The number of nitrogens with zero attached hydrogens (tertiary/aromatic N) is 2. The summed E-state index contributed by atoms with van der Waals surface area (Å²) in [5.41, 5.74) is 1.80. The van der Waals surface area contributed by atoms with E-state index >= 15 is 0 Å². The number of nitrogens with one attached hydrogen (secondary N) is 1. The molecule has 20 heavy (non-hydrogen) atoms. The predicted octanol–water partition coefficient (Wildman–Crippen LogP) is 1.36. The average molecular weight is 297 g/mol. The van der Waals surface area contributed by atoms with Crippen LogP contribution >= 0.6 is 0 Å². The Bertz CT molecular complexity index is 537. The lowest BCUT2D eigenvalue weighted by Gasteiger charge is -2.29. The Labute approximate surface area is 121 Å². The predicted molar refractivity (Wildman–Crippen MR) is 82.2 cm³/mol. The fourth-order valence-electron chi connectivity index (χ4n) is 2.45. The van der Waals surface area contributed by atoms with Crippen LogP contribution in [0.25, 0.3) is 0 Å². The average Bonchev–Trinajstić information content (AvgIpc) is 2.68. The van der Waals surface area contributed by atoms with Crippen LogP contribution in [0.15, 0.2) is 24.3 Å². The lowest BCUT2D eigenvalue weighted by molar-refractivity contribution is 0.429. The Morgan fingerprint density at radius 3 is 2.80 bits per heavy atom. The molecular formula is C14H23N3O2S. The number of rotatable bonds is 4. The molecule has 0 spiro atoms. The fourth-order valence-corrected chi connectivity index (χ4v) is 4.12. The van der Waals surface area contributed by atoms with Crippen molar-refractivity contribution in [3.8, 4) is 0 Å². The van der Waals surface area contributed by atoms with Gasteiger partial charge >= 0.3 is 10.2 Å². The largest absolute Gasteiger partial charge is 0.315 e. The first kappa shape index (κ1) is 15.3. The molecule has 0 aliphatic carbocycles. The van der Waals surface area contributed by atoms with Gasteiger partial charge in [-0.1, -0.05) is 12.1 Å². The third-order valence-electron chi connectivity index (χ3n) is 3.48. The maximum absolute atomic E-state index is 12.8. The molecule has 0 aromatic heterocycles. The molecule has 0 amide bonds. The Balaban J connectivity index is 2.29. The molecule has 5 nitrogen and oxygen atoms in total. The topological polar surface area (TPSA) is 52.7 Å². The van der Waals surface area contributed by atoms with Crippen molar-refractivity contribution in [2.24, 2.45) is 0 Å². The van der Waals surface area contributed by atoms with Crippen LogP contribution in [0.5, 0.6) is 0 Å². The molecule has 2 rings (SSSR count). The van der Waals surface area contributed by atoms with Gasteiger partial charge < -0.3 is 5.32 Å². The van der Waals surface area contributed by atoms with Crippen molar-refractivity contribution >= 4 is 15.9 Å². The molecule has 0 radical (unpaired) electrons. The lowest BCUT2D eigenvalue weighted by Crippen LogP contribution is -2.45. The van der Waals surface area contributed by atoms with Crippen LogP contribution in [-0.2, 0) is 10.2 Å². The van der Waals surface area contributed by atoms with Gasteiger partial charge in [0.05, 0.1) is 5.69 Å². The monoisotopic (exact) mass is 297 g/mol. The Morgan fingerprint density at radius 1 is 1.30 bits per heavy atom. The van der Waals surface area contributed by atoms with Gasteiger partial charge in [-0.25, -0.2) is 0 Å². The van der Waals surface area contributed by atoms with Crippen LogP contribution in [-0.4, -0.2) is 45.4 Å². The number of hydrogen-bond acceptors (Lipinski definition) is 3. The maximum Gasteiger partial charge on any atom is 0.304 e. The summed E-state index contributed by atoms with van der Waals surface area (Å²) >= 11 is 0. The quantitative estimate of drug-likeness (QED) is 0.913. The minimum atomic E-state index is -3.44. The third-order valence-corrected chi connectivity index (χ3v) is 5.52. The maximum atomic E-state index is 12.8. The summed E-state index contributed by atoms with van der Waals surface area (Å²) in [6.07, 6.45) is 0.852. The lowest BCUT2D eigenvalue weighted by atomic mass is 10.2. The summed E-state index contributed by atoms with van der Waals surface area (Å²) in [7, 11) is -3.44. The molecule has 1 N–H and O–H groups in total. The SMILES string of the molecule is CCN(c1cccc(C)c1)S(=O)(=O)N1CCCNCC1. The zero-order valence-corrected chi connectivity index (χ0v) is 13.0. The van der Waals surface area contributed by atoms with Crippen molar-refractivity contribution in [3.05, 3.63) is 29.8 Å². The van der Waals surface area contributed by atoms with E-state index in [1.54, 1.807) is 4.31 Å². The van der Waals surface area contributed by atoms with Crippen LogP contribution in [0.1, 0.15) is 18.9 Å². The molecular weight excluding hydrogens is 274 g/mol. The molecule has 0 atom stereocenters. The minimum absolute atomic E-state index is 0.440. The second kappa shape index (κ2) is 6.56. The van der Waals surface area contributed by atoms with Gasteiger partial charge in [-0.3, -0.25) is 4.31 Å². The fraction of sp³-hybridized carbons (Fsp3) is 0.571. The molecule has 1 aromatic carbocycles. The van der Waals surface area contributed by atoms with Crippen LogP contribution in [0.3, 0.4) is 0 Å². The smallest absolute Gasteiger partial charge is 0.304 e. The number of benzene rings is 1. The van der Waals surface area contributed by atoms with E-state index in [-0.39, 0.29) is 0 Å². The summed E-state index contributed by atoms with van der Waals surface area (Å²) in [4.78, 5) is 0. The van der Waals surface area contributed by atoms with E-state index in [1.165, 1.54) is 4.31 Å². The number of hydrogen-bond donors (Lipinski definition) is 1. The summed E-state index contributed by atoms with van der Waals surface area (Å²) in [5.74, 6) is 0. The highest BCUT2D eigenvalue weighted by Gasteiger charge is 2.29. The van der Waals surface area contributed by atoms with E-state index in [1.807, 2.05) is 38.1 Å².